The lowest BCUT2D eigenvalue weighted by atomic mass is 9.98. The molecule has 1 saturated heterocycles. The zero-order chi connectivity index (χ0) is 15.0. The molecule has 6 nitrogen and oxygen atoms in total. The van der Waals surface area contributed by atoms with Gasteiger partial charge in [0.25, 0.3) is 0 Å². The minimum absolute atomic E-state index is 0.0838. The molecule has 1 amide bonds. The van der Waals surface area contributed by atoms with Crippen LogP contribution in [0.5, 0.6) is 0 Å². The molecule has 0 aliphatic carbocycles. The van der Waals surface area contributed by atoms with Gasteiger partial charge in [0.05, 0.1) is 0 Å². The summed E-state index contributed by atoms with van der Waals surface area (Å²) >= 11 is 1.88. The van der Waals surface area contributed by atoms with Gasteiger partial charge in [-0.3, -0.25) is 9.59 Å². The Labute approximate surface area is 122 Å². The number of thioether (sulfide) groups is 1. The summed E-state index contributed by atoms with van der Waals surface area (Å²) in [5, 5.41) is 20.1. The van der Waals surface area contributed by atoms with Crippen LogP contribution in [0.1, 0.15) is 38.5 Å². The van der Waals surface area contributed by atoms with Crippen molar-refractivity contribution >= 4 is 29.6 Å². The first-order chi connectivity index (χ1) is 9.49. The fourth-order valence-electron chi connectivity index (χ4n) is 2.18. The molecule has 0 unspecified atom stereocenters. The van der Waals surface area contributed by atoms with Crippen LogP contribution in [-0.4, -0.2) is 45.6 Å². The predicted octanol–water partition coefficient (Wildman–Crippen LogP) is 1.34. The van der Waals surface area contributed by atoms with Crippen LogP contribution in [0.4, 0.5) is 0 Å². The van der Waals surface area contributed by atoms with Crippen molar-refractivity contribution < 1.29 is 24.6 Å². The summed E-state index contributed by atoms with van der Waals surface area (Å²) in [6.45, 7) is 0. The number of hydrogen-bond acceptors (Lipinski definition) is 4. The molecule has 0 aromatic carbocycles. The average molecular weight is 303 g/mol. The summed E-state index contributed by atoms with van der Waals surface area (Å²) in [4.78, 5) is 33.3. The third-order valence-electron chi connectivity index (χ3n) is 3.33. The Morgan fingerprint density at radius 2 is 1.85 bits per heavy atom. The topological polar surface area (TPSA) is 104 Å². The van der Waals surface area contributed by atoms with E-state index in [2.05, 4.69) is 5.32 Å². The van der Waals surface area contributed by atoms with Crippen LogP contribution in [0.3, 0.4) is 0 Å². The minimum atomic E-state index is -1.11. The van der Waals surface area contributed by atoms with Gasteiger partial charge in [0.2, 0.25) is 5.91 Å². The van der Waals surface area contributed by atoms with E-state index in [1.54, 1.807) is 0 Å². The van der Waals surface area contributed by atoms with Crippen LogP contribution in [0.25, 0.3) is 0 Å². The van der Waals surface area contributed by atoms with Crippen LogP contribution < -0.4 is 5.32 Å². The van der Waals surface area contributed by atoms with Crippen molar-refractivity contribution in [2.45, 2.75) is 44.6 Å². The second kappa shape index (κ2) is 8.84. The molecule has 0 saturated carbocycles. The van der Waals surface area contributed by atoms with Gasteiger partial charge in [0, 0.05) is 12.8 Å². The van der Waals surface area contributed by atoms with Crippen molar-refractivity contribution in [1.29, 1.82) is 0 Å². The van der Waals surface area contributed by atoms with Crippen LogP contribution in [0.15, 0.2) is 0 Å². The molecule has 114 valence electrons. The molecule has 0 aromatic heterocycles. The lowest BCUT2D eigenvalue weighted by Gasteiger charge is -2.22. The number of aliphatic carboxylic acids is 2. The quantitative estimate of drug-likeness (QED) is 0.625. The normalized spacial score (nSPS) is 17.4. The standard InChI is InChI=1S/C13H21NO5S/c15-11(8-9-4-6-20-7-5-9)14-10(13(18)19)2-1-3-12(16)17/h9-10H,1-8H2,(H,14,15)(H,16,17)(H,18,19)/t10-/m1/s1. The van der Waals surface area contributed by atoms with E-state index in [0.29, 0.717) is 12.3 Å². The maximum absolute atomic E-state index is 11.8. The zero-order valence-electron chi connectivity index (χ0n) is 11.3. The Bertz CT molecular complexity index is 355. The van der Waals surface area contributed by atoms with E-state index in [0.717, 1.165) is 24.3 Å². The highest BCUT2D eigenvalue weighted by atomic mass is 32.2. The van der Waals surface area contributed by atoms with Crippen LogP contribution >= 0.6 is 11.8 Å². The molecular weight excluding hydrogens is 282 g/mol. The Kier molecular flexibility index (Phi) is 7.43. The van der Waals surface area contributed by atoms with Crippen LogP contribution in [-0.2, 0) is 14.4 Å². The molecule has 0 aromatic rings. The smallest absolute Gasteiger partial charge is 0.326 e. The summed E-state index contributed by atoms with van der Waals surface area (Å²) < 4.78 is 0. The van der Waals surface area contributed by atoms with E-state index >= 15 is 0 Å². The van der Waals surface area contributed by atoms with E-state index < -0.39 is 18.0 Å². The number of carboxylic acids is 2. The molecule has 20 heavy (non-hydrogen) atoms. The van der Waals surface area contributed by atoms with E-state index in [1.165, 1.54) is 0 Å². The van der Waals surface area contributed by atoms with Crippen molar-refractivity contribution in [3.8, 4) is 0 Å². The second-order valence-corrected chi connectivity index (χ2v) is 6.23. The highest BCUT2D eigenvalue weighted by Crippen LogP contribution is 2.25. The maximum Gasteiger partial charge on any atom is 0.326 e. The van der Waals surface area contributed by atoms with Crippen molar-refractivity contribution in [2.24, 2.45) is 5.92 Å². The summed E-state index contributed by atoms with van der Waals surface area (Å²) in [7, 11) is 0. The van der Waals surface area contributed by atoms with Crippen LogP contribution in [0.2, 0.25) is 0 Å². The molecular formula is C13H21NO5S. The van der Waals surface area contributed by atoms with Gasteiger partial charge in [0.15, 0.2) is 0 Å². The molecule has 0 bridgehead atoms. The molecule has 1 atom stereocenters. The van der Waals surface area contributed by atoms with Crippen molar-refractivity contribution in [1.82, 2.24) is 5.32 Å². The highest BCUT2D eigenvalue weighted by molar-refractivity contribution is 7.99. The molecule has 1 fully saturated rings. The second-order valence-electron chi connectivity index (χ2n) is 5.00. The van der Waals surface area contributed by atoms with E-state index in [9.17, 15) is 14.4 Å². The van der Waals surface area contributed by atoms with Gasteiger partial charge in [-0.1, -0.05) is 0 Å². The Balaban J connectivity index is 2.33. The van der Waals surface area contributed by atoms with Gasteiger partial charge >= 0.3 is 11.9 Å². The van der Waals surface area contributed by atoms with Crippen molar-refractivity contribution in [3.05, 3.63) is 0 Å². The van der Waals surface area contributed by atoms with Gasteiger partial charge in [0.1, 0.15) is 6.04 Å². The lowest BCUT2D eigenvalue weighted by Crippen LogP contribution is -2.41. The van der Waals surface area contributed by atoms with E-state index in [-0.39, 0.29) is 25.2 Å². The molecule has 0 radical (unpaired) electrons. The van der Waals surface area contributed by atoms with E-state index in [4.69, 9.17) is 10.2 Å². The van der Waals surface area contributed by atoms with Crippen LogP contribution in [0, 0.1) is 5.92 Å². The molecule has 0 spiro atoms. The van der Waals surface area contributed by atoms with Gasteiger partial charge in [-0.2, -0.15) is 11.8 Å². The first-order valence-corrected chi connectivity index (χ1v) is 7.96. The number of carbonyl (C=O) groups is 3. The molecule has 1 aliphatic heterocycles. The summed E-state index contributed by atoms with van der Waals surface area (Å²) in [5.41, 5.74) is 0. The number of carboxylic acid groups (broad SMARTS) is 2. The van der Waals surface area contributed by atoms with Gasteiger partial charge < -0.3 is 15.5 Å². The fourth-order valence-corrected chi connectivity index (χ4v) is 3.38. The SMILES string of the molecule is O=C(O)CCC[C@@H](NC(=O)CC1CCSCC1)C(=O)O. The predicted molar refractivity (Wildman–Crippen MR) is 75.7 cm³/mol. The van der Waals surface area contributed by atoms with E-state index in [1.807, 2.05) is 11.8 Å². The zero-order valence-corrected chi connectivity index (χ0v) is 12.2. The monoisotopic (exact) mass is 303 g/mol. The van der Waals surface area contributed by atoms with Crippen molar-refractivity contribution in [2.75, 3.05) is 11.5 Å². The first-order valence-electron chi connectivity index (χ1n) is 6.80. The molecule has 1 rings (SSSR count). The Hall–Kier alpha value is -1.24. The fraction of sp³-hybridized carbons (Fsp3) is 0.769. The highest BCUT2D eigenvalue weighted by Gasteiger charge is 2.23. The Morgan fingerprint density at radius 1 is 1.20 bits per heavy atom. The summed E-state index contributed by atoms with van der Waals surface area (Å²) in [6, 6.07) is -0.986. The number of hydrogen-bond donors (Lipinski definition) is 3. The van der Waals surface area contributed by atoms with Gasteiger partial charge in [-0.15, -0.1) is 0 Å². The molecule has 1 aliphatic rings. The maximum atomic E-state index is 11.8. The molecule has 3 N–H and O–H groups in total. The van der Waals surface area contributed by atoms with Gasteiger partial charge in [-0.05, 0) is 43.1 Å². The van der Waals surface area contributed by atoms with Gasteiger partial charge in [-0.25, -0.2) is 4.79 Å². The van der Waals surface area contributed by atoms with Crippen molar-refractivity contribution in [3.63, 3.8) is 0 Å². The Morgan fingerprint density at radius 3 is 2.40 bits per heavy atom. The summed E-state index contributed by atoms with van der Waals surface area (Å²) in [5.74, 6) is 0.134. The first kappa shape index (κ1) is 16.8. The third-order valence-corrected chi connectivity index (χ3v) is 4.38. The largest absolute Gasteiger partial charge is 0.481 e. The summed E-state index contributed by atoms with van der Waals surface area (Å²) in [6.07, 6.45) is 2.66. The number of nitrogens with one attached hydrogen (secondary N) is 1. The third kappa shape index (κ3) is 6.79. The average Bonchev–Trinajstić information content (AvgIpc) is 2.38. The number of rotatable bonds is 8. The number of amides is 1. The minimum Gasteiger partial charge on any atom is -0.481 e. The number of carbonyl (C=O) groups excluding carboxylic acids is 1. The lowest BCUT2D eigenvalue weighted by molar-refractivity contribution is -0.142. The molecule has 7 heteroatoms. The molecule has 1 heterocycles.